The Labute approximate surface area is 105 Å². The predicted molar refractivity (Wildman–Crippen MR) is 60.4 cm³/mol. The van der Waals surface area contributed by atoms with Gasteiger partial charge in [-0.1, -0.05) is 6.92 Å². The highest BCUT2D eigenvalue weighted by Crippen LogP contribution is 2.23. The van der Waals surface area contributed by atoms with Crippen molar-refractivity contribution < 1.29 is 27.8 Å². The summed E-state index contributed by atoms with van der Waals surface area (Å²) < 4.78 is 41.0. The fraction of sp³-hybridized carbons (Fsp3) is 0.909. The molecule has 0 bridgehead atoms. The topological polar surface area (TPSA) is 58.6 Å². The van der Waals surface area contributed by atoms with E-state index >= 15 is 0 Å². The van der Waals surface area contributed by atoms with Crippen molar-refractivity contribution >= 4 is 5.97 Å². The number of carboxylic acid groups (broad SMARTS) is 1. The molecular formula is C11H20F3NO3. The Morgan fingerprint density at radius 1 is 1.44 bits per heavy atom. The third-order valence-corrected chi connectivity index (χ3v) is 3.07. The van der Waals surface area contributed by atoms with E-state index in [1.54, 1.807) is 6.92 Å². The second kappa shape index (κ2) is 6.94. The highest BCUT2D eigenvalue weighted by molar-refractivity contribution is 5.78. The molecule has 0 amide bonds. The molecule has 2 atom stereocenters. The van der Waals surface area contributed by atoms with Gasteiger partial charge < -0.3 is 15.2 Å². The summed E-state index contributed by atoms with van der Waals surface area (Å²) >= 11 is 0. The van der Waals surface area contributed by atoms with Gasteiger partial charge in [-0.15, -0.1) is 0 Å². The van der Waals surface area contributed by atoms with E-state index in [1.165, 1.54) is 7.05 Å². The average Bonchev–Trinajstić information content (AvgIpc) is 2.28. The van der Waals surface area contributed by atoms with Crippen LogP contribution in [0.25, 0.3) is 0 Å². The Morgan fingerprint density at radius 3 is 2.33 bits per heavy atom. The maximum atomic E-state index is 12.1. The first kappa shape index (κ1) is 17.2. The Hall–Kier alpha value is -0.820. The Balaban J connectivity index is 4.14. The van der Waals surface area contributed by atoms with Crippen LogP contribution in [0.2, 0.25) is 0 Å². The molecule has 18 heavy (non-hydrogen) atoms. The van der Waals surface area contributed by atoms with Gasteiger partial charge in [0, 0.05) is 6.61 Å². The maximum Gasteiger partial charge on any atom is 0.414 e. The predicted octanol–water partition coefficient (Wildman–Crippen LogP) is 2.19. The average molecular weight is 271 g/mol. The zero-order valence-corrected chi connectivity index (χ0v) is 10.8. The molecule has 4 nitrogen and oxygen atoms in total. The molecule has 0 radical (unpaired) electrons. The molecule has 0 heterocycles. The van der Waals surface area contributed by atoms with Gasteiger partial charge in [0.25, 0.3) is 0 Å². The Bertz CT molecular complexity index is 265. The molecular weight excluding hydrogens is 251 g/mol. The van der Waals surface area contributed by atoms with E-state index in [1.807, 2.05) is 0 Å². The monoisotopic (exact) mass is 271 g/mol. The van der Waals surface area contributed by atoms with E-state index in [2.05, 4.69) is 10.1 Å². The van der Waals surface area contributed by atoms with Crippen LogP contribution in [-0.2, 0) is 9.53 Å². The summed E-state index contributed by atoms with van der Waals surface area (Å²) in [6.07, 6.45) is -5.37. The molecule has 0 fully saturated rings. The van der Waals surface area contributed by atoms with Crippen molar-refractivity contribution in [3.8, 4) is 0 Å². The SMILES string of the molecule is CCC(CCCOC(C)C(F)(F)F)(NC)C(=O)O. The first-order valence-electron chi connectivity index (χ1n) is 5.80. The summed E-state index contributed by atoms with van der Waals surface area (Å²) in [4.78, 5) is 11.1. The molecule has 0 aromatic rings. The standard InChI is InChI=1S/C11H20F3NO3/c1-4-10(15-3,9(16)17)6-5-7-18-8(2)11(12,13)14/h8,15H,4-7H2,1-3H3,(H,16,17). The van der Waals surface area contributed by atoms with Gasteiger partial charge >= 0.3 is 12.1 Å². The lowest BCUT2D eigenvalue weighted by Crippen LogP contribution is -2.50. The number of aliphatic carboxylic acids is 1. The fourth-order valence-electron chi connectivity index (χ4n) is 1.57. The number of carbonyl (C=O) groups is 1. The Morgan fingerprint density at radius 2 is 2.00 bits per heavy atom. The van der Waals surface area contributed by atoms with Crippen LogP contribution in [0.1, 0.15) is 33.1 Å². The van der Waals surface area contributed by atoms with E-state index in [9.17, 15) is 18.0 Å². The highest BCUT2D eigenvalue weighted by Gasteiger charge is 2.37. The van der Waals surface area contributed by atoms with E-state index in [-0.39, 0.29) is 19.4 Å². The summed E-state index contributed by atoms with van der Waals surface area (Å²) in [6, 6.07) is 0. The number of hydrogen-bond donors (Lipinski definition) is 2. The molecule has 0 aliphatic carbocycles. The summed E-state index contributed by atoms with van der Waals surface area (Å²) in [5.74, 6) is -1.00. The fourth-order valence-corrected chi connectivity index (χ4v) is 1.57. The zero-order chi connectivity index (χ0) is 14.4. The van der Waals surface area contributed by atoms with Crippen LogP contribution in [0, 0.1) is 0 Å². The molecule has 0 saturated heterocycles. The highest BCUT2D eigenvalue weighted by atomic mass is 19.4. The van der Waals surface area contributed by atoms with Gasteiger partial charge in [-0.05, 0) is 33.2 Å². The van der Waals surface area contributed by atoms with Crippen molar-refractivity contribution in [3.05, 3.63) is 0 Å². The maximum absolute atomic E-state index is 12.1. The van der Waals surface area contributed by atoms with Gasteiger partial charge in [0.1, 0.15) is 5.54 Å². The van der Waals surface area contributed by atoms with Crippen molar-refractivity contribution in [2.24, 2.45) is 0 Å². The molecule has 108 valence electrons. The molecule has 0 aromatic carbocycles. The summed E-state index contributed by atoms with van der Waals surface area (Å²) in [5.41, 5.74) is -1.09. The molecule has 0 aliphatic rings. The van der Waals surface area contributed by atoms with E-state index in [0.29, 0.717) is 6.42 Å². The molecule has 0 aliphatic heterocycles. The number of hydrogen-bond acceptors (Lipinski definition) is 3. The van der Waals surface area contributed by atoms with Gasteiger partial charge in [-0.3, -0.25) is 4.79 Å². The lowest BCUT2D eigenvalue weighted by molar-refractivity contribution is -0.214. The number of likely N-dealkylation sites (N-methyl/N-ethyl adjacent to an activating group) is 1. The molecule has 0 rings (SSSR count). The van der Waals surface area contributed by atoms with Crippen LogP contribution < -0.4 is 5.32 Å². The normalized spacial score (nSPS) is 17.2. The van der Waals surface area contributed by atoms with E-state index < -0.39 is 23.8 Å². The van der Waals surface area contributed by atoms with Gasteiger partial charge in [0.05, 0.1) is 0 Å². The second-order valence-electron chi connectivity index (χ2n) is 4.15. The number of ether oxygens (including phenoxy) is 1. The largest absolute Gasteiger partial charge is 0.480 e. The van der Waals surface area contributed by atoms with Crippen LogP contribution in [0.5, 0.6) is 0 Å². The van der Waals surface area contributed by atoms with Crippen LogP contribution in [-0.4, -0.2) is 42.5 Å². The summed E-state index contributed by atoms with van der Waals surface area (Å²) in [5, 5.41) is 11.8. The molecule has 0 saturated carbocycles. The zero-order valence-electron chi connectivity index (χ0n) is 10.8. The van der Waals surface area contributed by atoms with E-state index in [0.717, 1.165) is 6.92 Å². The van der Waals surface area contributed by atoms with Crippen molar-refractivity contribution in [1.82, 2.24) is 5.32 Å². The van der Waals surface area contributed by atoms with Gasteiger partial charge in [-0.25, -0.2) is 0 Å². The van der Waals surface area contributed by atoms with Gasteiger partial charge in [0.2, 0.25) is 0 Å². The molecule has 2 unspecified atom stereocenters. The lowest BCUT2D eigenvalue weighted by Gasteiger charge is -2.27. The smallest absolute Gasteiger partial charge is 0.414 e. The van der Waals surface area contributed by atoms with Crippen LogP contribution in [0.4, 0.5) is 13.2 Å². The Kier molecular flexibility index (Phi) is 6.62. The quantitative estimate of drug-likeness (QED) is 0.664. The van der Waals surface area contributed by atoms with Crippen LogP contribution in [0.3, 0.4) is 0 Å². The first-order chi connectivity index (χ1) is 8.19. The van der Waals surface area contributed by atoms with Crippen molar-refractivity contribution in [2.75, 3.05) is 13.7 Å². The third-order valence-electron chi connectivity index (χ3n) is 3.07. The molecule has 2 N–H and O–H groups in total. The number of rotatable bonds is 8. The minimum absolute atomic E-state index is 0.114. The van der Waals surface area contributed by atoms with Crippen molar-refractivity contribution in [3.63, 3.8) is 0 Å². The van der Waals surface area contributed by atoms with Gasteiger partial charge in [-0.2, -0.15) is 13.2 Å². The number of alkyl halides is 3. The van der Waals surface area contributed by atoms with Gasteiger partial charge in [0.15, 0.2) is 6.10 Å². The number of halogens is 3. The number of carboxylic acids is 1. The van der Waals surface area contributed by atoms with Crippen molar-refractivity contribution in [1.29, 1.82) is 0 Å². The van der Waals surface area contributed by atoms with Crippen LogP contribution >= 0.6 is 0 Å². The lowest BCUT2D eigenvalue weighted by atomic mass is 9.91. The second-order valence-corrected chi connectivity index (χ2v) is 4.15. The van der Waals surface area contributed by atoms with E-state index in [4.69, 9.17) is 5.11 Å². The molecule has 7 heteroatoms. The molecule has 0 aromatic heterocycles. The van der Waals surface area contributed by atoms with Crippen LogP contribution in [0.15, 0.2) is 0 Å². The summed E-state index contributed by atoms with van der Waals surface area (Å²) in [6.45, 7) is 2.53. The molecule has 0 spiro atoms. The minimum Gasteiger partial charge on any atom is -0.480 e. The third kappa shape index (κ3) is 4.81. The number of nitrogens with one attached hydrogen (secondary N) is 1. The van der Waals surface area contributed by atoms with Crippen molar-refractivity contribution in [2.45, 2.75) is 50.9 Å². The summed E-state index contributed by atoms with van der Waals surface area (Å²) in [7, 11) is 1.52. The minimum atomic E-state index is -4.38. The first-order valence-corrected chi connectivity index (χ1v) is 5.80.